The Hall–Kier alpha value is -3.24. The molecule has 2 aromatic carbocycles. The minimum atomic E-state index is -4.08. The highest BCUT2D eigenvalue weighted by Gasteiger charge is 2.28. The summed E-state index contributed by atoms with van der Waals surface area (Å²) in [6, 6.07) is 12.9. The summed E-state index contributed by atoms with van der Waals surface area (Å²) >= 11 is 0. The van der Waals surface area contributed by atoms with Gasteiger partial charge in [0.2, 0.25) is 5.16 Å². The van der Waals surface area contributed by atoms with Gasteiger partial charge < -0.3 is 9.47 Å². The van der Waals surface area contributed by atoms with Gasteiger partial charge in [0.1, 0.15) is 11.5 Å². The third-order valence-electron chi connectivity index (χ3n) is 5.29. The molecule has 0 saturated carbocycles. The normalized spacial score (nSPS) is 12.6. The van der Waals surface area contributed by atoms with Crippen LogP contribution in [0.15, 0.2) is 64.8 Å². The third kappa shape index (κ3) is 4.11. The minimum Gasteiger partial charge on any atom is -0.497 e. The maximum absolute atomic E-state index is 13.6. The first kappa shape index (κ1) is 22.9. The second-order valence-corrected chi connectivity index (χ2v) is 10.5. The van der Waals surface area contributed by atoms with E-state index in [-0.39, 0.29) is 21.3 Å². The van der Waals surface area contributed by atoms with Gasteiger partial charge in [-0.05, 0) is 38.1 Å². The van der Waals surface area contributed by atoms with Crippen molar-refractivity contribution in [1.29, 1.82) is 0 Å². The molecule has 0 aliphatic rings. The lowest BCUT2D eigenvalue weighted by Crippen LogP contribution is -2.18. The summed E-state index contributed by atoms with van der Waals surface area (Å²) in [5.74, 6) is 1.10. The zero-order valence-electron chi connectivity index (χ0n) is 18.6. The smallest absolute Gasteiger partial charge is 0.270 e. The molecule has 10 heteroatoms. The maximum Gasteiger partial charge on any atom is 0.270 e. The van der Waals surface area contributed by atoms with Gasteiger partial charge in [-0.3, -0.25) is 9.19 Å². The van der Waals surface area contributed by atoms with E-state index in [0.29, 0.717) is 22.7 Å². The molecule has 0 spiro atoms. The van der Waals surface area contributed by atoms with Crippen LogP contribution < -0.4 is 9.47 Å². The Balaban J connectivity index is 1.90. The summed E-state index contributed by atoms with van der Waals surface area (Å²) in [5, 5.41) is -0.0807. The lowest BCUT2D eigenvalue weighted by molar-refractivity contribution is 0.407. The first-order valence-electron chi connectivity index (χ1n) is 10.0. The molecular formula is C23H23N3O5S2. The third-order valence-corrected chi connectivity index (χ3v) is 8.34. The Kier molecular flexibility index (Phi) is 6.22. The van der Waals surface area contributed by atoms with Crippen LogP contribution in [0.25, 0.3) is 11.0 Å². The molecule has 0 amide bonds. The van der Waals surface area contributed by atoms with E-state index in [1.54, 1.807) is 49.7 Å². The van der Waals surface area contributed by atoms with E-state index in [0.717, 1.165) is 15.1 Å². The molecule has 0 saturated heterocycles. The molecule has 2 aromatic heterocycles. The van der Waals surface area contributed by atoms with Crippen molar-refractivity contribution >= 4 is 31.9 Å². The molecule has 8 nitrogen and oxygen atoms in total. The van der Waals surface area contributed by atoms with Gasteiger partial charge in [-0.1, -0.05) is 18.2 Å². The molecule has 4 rings (SSSR count). The van der Waals surface area contributed by atoms with Crippen molar-refractivity contribution in [2.45, 2.75) is 29.7 Å². The number of ether oxygens (including phenoxy) is 2. The minimum absolute atomic E-state index is 0.0206. The van der Waals surface area contributed by atoms with Crippen molar-refractivity contribution in [3.05, 3.63) is 71.5 Å². The van der Waals surface area contributed by atoms with E-state index in [2.05, 4.69) is 9.97 Å². The number of imidazole rings is 1. The molecule has 2 heterocycles. The van der Waals surface area contributed by atoms with Crippen LogP contribution in [0.1, 0.15) is 16.8 Å². The van der Waals surface area contributed by atoms with Crippen molar-refractivity contribution in [2.24, 2.45) is 0 Å². The zero-order valence-corrected chi connectivity index (χ0v) is 20.2. The molecule has 1 atom stereocenters. The largest absolute Gasteiger partial charge is 0.497 e. The van der Waals surface area contributed by atoms with Gasteiger partial charge in [-0.25, -0.2) is 17.4 Å². The monoisotopic (exact) mass is 485 g/mol. The molecular weight excluding hydrogens is 462 g/mol. The lowest BCUT2D eigenvalue weighted by atomic mass is 10.1. The number of pyridine rings is 1. The molecule has 0 aliphatic heterocycles. The number of rotatable bonds is 7. The summed E-state index contributed by atoms with van der Waals surface area (Å²) in [4.78, 5) is 8.90. The van der Waals surface area contributed by atoms with Crippen molar-refractivity contribution in [3.8, 4) is 11.5 Å². The van der Waals surface area contributed by atoms with Crippen LogP contribution in [0.4, 0.5) is 0 Å². The predicted octanol–water partition coefficient (Wildman–Crippen LogP) is 3.61. The topological polar surface area (TPSA) is 100 Å². The van der Waals surface area contributed by atoms with E-state index in [9.17, 15) is 12.6 Å². The van der Waals surface area contributed by atoms with E-state index in [1.165, 1.54) is 19.2 Å². The fourth-order valence-electron chi connectivity index (χ4n) is 3.62. The number of methoxy groups -OCH3 is 2. The average Bonchev–Trinajstić information content (AvgIpc) is 3.21. The number of hydrogen-bond donors (Lipinski definition) is 0. The molecule has 1 unspecified atom stereocenters. The Morgan fingerprint density at radius 1 is 1.03 bits per heavy atom. The van der Waals surface area contributed by atoms with Crippen LogP contribution in [-0.2, 0) is 26.6 Å². The van der Waals surface area contributed by atoms with Crippen LogP contribution in [0.2, 0.25) is 0 Å². The first-order valence-corrected chi connectivity index (χ1v) is 12.8. The van der Waals surface area contributed by atoms with Gasteiger partial charge in [0.15, 0.2) is 0 Å². The van der Waals surface area contributed by atoms with Crippen molar-refractivity contribution in [1.82, 2.24) is 13.9 Å². The highest BCUT2D eigenvalue weighted by Crippen LogP contribution is 2.30. The van der Waals surface area contributed by atoms with Gasteiger partial charge in [-0.15, -0.1) is 0 Å². The Morgan fingerprint density at radius 2 is 1.76 bits per heavy atom. The van der Waals surface area contributed by atoms with Crippen molar-refractivity contribution in [3.63, 3.8) is 0 Å². The van der Waals surface area contributed by atoms with E-state index < -0.39 is 20.8 Å². The molecule has 33 heavy (non-hydrogen) atoms. The van der Waals surface area contributed by atoms with E-state index >= 15 is 0 Å². The number of hydrogen-bond acceptors (Lipinski definition) is 7. The molecule has 0 aliphatic carbocycles. The van der Waals surface area contributed by atoms with E-state index in [1.807, 2.05) is 13.8 Å². The van der Waals surface area contributed by atoms with Gasteiger partial charge in [0.25, 0.3) is 10.0 Å². The fourth-order valence-corrected chi connectivity index (χ4v) is 6.68. The number of nitrogens with zero attached hydrogens (tertiary/aromatic N) is 3. The average molecular weight is 486 g/mol. The van der Waals surface area contributed by atoms with Crippen molar-refractivity contribution < 1.29 is 22.1 Å². The molecule has 4 aromatic rings. The van der Waals surface area contributed by atoms with Gasteiger partial charge >= 0.3 is 0 Å². The maximum atomic E-state index is 13.6. The van der Waals surface area contributed by atoms with Crippen molar-refractivity contribution in [2.75, 3.05) is 14.2 Å². The van der Waals surface area contributed by atoms with Crippen LogP contribution in [0, 0.1) is 13.8 Å². The highest BCUT2D eigenvalue weighted by atomic mass is 32.2. The van der Waals surface area contributed by atoms with Gasteiger partial charge in [0, 0.05) is 23.4 Å². The Morgan fingerprint density at radius 3 is 2.42 bits per heavy atom. The molecule has 0 radical (unpaired) electrons. The van der Waals surface area contributed by atoms with Crippen LogP contribution >= 0.6 is 0 Å². The van der Waals surface area contributed by atoms with E-state index in [4.69, 9.17) is 9.47 Å². The second-order valence-electron chi connectivity index (χ2n) is 7.37. The molecule has 0 bridgehead atoms. The van der Waals surface area contributed by atoms with Gasteiger partial charge in [-0.2, -0.15) is 0 Å². The summed E-state index contributed by atoms with van der Waals surface area (Å²) in [7, 11) is -2.85. The molecule has 0 N–H and O–H groups in total. The first-order chi connectivity index (χ1) is 15.8. The molecule has 172 valence electrons. The number of aryl methyl sites for hydroxylation is 1. The highest BCUT2D eigenvalue weighted by molar-refractivity contribution is 7.91. The van der Waals surface area contributed by atoms with Crippen LogP contribution in [0.3, 0.4) is 0 Å². The molecule has 0 fully saturated rings. The van der Waals surface area contributed by atoms with Crippen LogP contribution in [0.5, 0.6) is 11.5 Å². The fraction of sp³-hybridized carbons (Fsp3) is 0.217. The summed E-state index contributed by atoms with van der Waals surface area (Å²) in [5.41, 5.74) is 2.83. The lowest BCUT2D eigenvalue weighted by Gasteiger charge is -2.13. The predicted molar refractivity (Wildman–Crippen MR) is 126 cm³/mol. The zero-order chi connectivity index (χ0) is 23.8. The Bertz CT molecular complexity index is 1460. The van der Waals surface area contributed by atoms with Gasteiger partial charge in [0.05, 0.1) is 52.4 Å². The standard InChI is InChI=1S/C23H23N3O5S2/c1-15-13-24-20(16(2)22(15)31-4)14-32(27)23-25-19-11-10-17(30-3)12-21(19)26(23)33(28,29)18-8-6-5-7-9-18/h5-13H,14H2,1-4H3. The number of aromatic nitrogens is 3. The number of benzene rings is 2. The summed E-state index contributed by atoms with van der Waals surface area (Å²) < 4.78 is 52.5. The summed E-state index contributed by atoms with van der Waals surface area (Å²) in [6.45, 7) is 3.71. The summed E-state index contributed by atoms with van der Waals surface area (Å²) in [6.07, 6.45) is 1.65. The Labute approximate surface area is 194 Å². The van der Waals surface area contributed by atoms with Crippen LogP contribution in [-0.4, -0.2) is 40.8 Å². The second kappa shape index (κ2) is 8.95. The number of fused-ring (bicyclic) bond motifs is 1. The quantitative estimate of drug-likeness (QED) is 0.394. The SMILES string of the molecule is COc1ccc2nc(S(=O)Cc3ncc(C)c(OC)c3C)n(S(=O)(=O)c3ccccc3)c2c1.